The van der Waals surface area contributed by atoms with Crippen LogP contribution in [0.25, 0.3) is 55.1 Å². The van der Waals surface area contributed by atoms with Gasteiger partial charge in [0, 0.05) is 16.5 Å². The predicted molar refractivity (Wildman–Crippen MR) is 152 cm³/mol. The second-order valence-electron chi connectivity index (χ2n) is 10.7. The number of hydrogen-bond acceptors (Lipinski definition) is 1. The van der Waals surface area contributed by atoms with Crippen LogP contribution in [0.1, 0.15) is 36.3 Å². The minimum absolute atomic E-state index is 0.0914. The number of aryl methyl sites for hydroxylation is 2. The lowest BCUT2D eigenvalue weighted by molar-refractivity contribution is 0.547. The molecule has 0 fully saturated rings. The molecular weight excluding hydrogens is 436 g/mol. The van der Waals surface area contributed by atoms with E-state index >= 15 is 0 Å². The molecule has 0 spiro atoms. The first-order chi connectivity index (χ1) is 17.4. The lowest BCUT2D eigenvalue weighted by atomic mass is 9.80. The molecule has 1 aliphatic rings. The summed E-state index contributed by atoms with van der Waals surface area (Å²) in [6.45, 7) is 8.81. The average molecular weight is 465 g/mol. The highest BCUT2D eigenvalue weighted by molar-refractivity contribution is 6.21. The van der Waals surface area contributed by atoms with Crippen molar-refractivity contribution in [3.63, 3.8) is 0 Å². The molecule has 1 aliphatic carbocycles. The zero-order valence-electron chi connectivity index (χ0n) is 21.1. The van der Waals surface area contributed by atoms with E-state index in [1.807, 2.05) is 6.92 Å². The summed E-state index contributed by atoms with van der Waals surface area (Å²) in [5.41, 5.74) is 10.2. The molecule has 0 bridgehead atoms. The third-order valence-electron chi connectivity index (χ3n) is 8.03. The fourth-order valence-corrected chi connectivity index (χ4v) is 6.21. The number of benzene rings is 5. The molecule has 5 aromatic carbocycles. The standard InChI is InChI=1S/C35H28O/c1-21-13-15-23(16-14-21)32-25-9-5-7-11-27(25)33(28-12-8-6-10-26(28)32)24-17-18-29-30(20-24)35(3,4)31-19-22(2)36-34(29)31/h5-20H,1-4H3. The Morgan fingerprint density at radius 2 is 1.08 bits per heavy atom. The van der Waals surface area contributed by atoms with Crippen LogP contribution in [0.15, 0.2) is 101 Å². The van der Waals surface area contributed by atoms with Gasteiger partial charge in [-0.15, -0.1) is 0 Å². The van der Waals surface area contributed by atoms with Crippen LogP contribution in [0.3, 0.4) is 0 Å². The minimum atomic E-state index is -0.0914. The van der Waals surface area contributed by atoms with Crippen molar-refractivity contribution < 1.29 is 4.42 Å². The number of fused-ring (bicyclic) bond motifs is 5. The number of rotatable bonds is 2. The van der Waals surface area contributed by atoms with Crippen molar-refractivity contribution in [1.29, 1.82) is 0 Å². The molecule has 7 rings (SSSR count). The summed E-state index contributed by atoms with van der Waals surface area (Å²) in [4.78, 5) is 0. The molecule has 0 atom stereocenters. The topological polar surface area (TPSA) is 13.1 Å². The zero-order chi connectivity index (χ0) is 24.6. The Bertz CT molecular complexity index is 1760. The van der Waals surface area contributed by atoms with Crippen LogP contribution in [-0.4, -0.2) is 0 Å². The van der Waals surface area contributed by atoms with Crippen molar-refractivity contribution in [2.75, 3.05) is 0 Å². The quantitative estimate of drug-likeness (QED) is 0.232. The highest BCUT2D eigenvalue weighted by Gasteiger charge is 2.38. The number of hydrogen-bond donors (Lipinski definition) is 0. The summed E-state index contributed by atoms with van der Waals surface area (Å²) in [6, 6.07) is 35.8. The minimum Gasteiger partial charge on any atom is -0.461 e. The maximum absolute atomic E-state index is 6.15. The van der Waals surface area contributed by atoms with Gasteiger partial charge in [0.25, 0.3) is 0 Å². The molecule has 0 saturated carbocycles. The van der Waals surface area contributed by atoms with Gasteiger partial charge in [-0.3, -0.25) is 0 Å². The molecule has 0 amide bonds. The van der Waals surface area contributed by atoms with Gasteiger partial charge in [-0.25, -0.2) is 0 Å². The van der Waals surface area contributed by atoms with E-state index in [0.717, 1.165) is 11.5 Å². The fraction of sp³-hybridized carbons (Fsp3) is 0.143. The number of furan rings is 1. The van der Waals surface area contributed by atoms with Gasteiger partial charge in [-0.1, -0.05) is 104 Å². The molecule has 0 N–H and O–H groups in total. The van der Waals surface area contributed by atoms with Crippen molar-refractivity contribution >= 4 is 21.5 Å². The molecule has 0 saturated heterocycles. The van der Waals surface area contributed by atoms with E-state index in [2.05, 4.69) is 118 Å². The van der Waals surface area contributed by atoms with Gasteiger partial charge in [0.2, 0.25) is 0 Å². The molecule has 1 nitrogen and oxygen atoms in total. The van der Waals surface area contributed by atoms with Gasteiger partial charge in [0.05, 0.1) is 0 Å². The molecule has 174 valence electrons. The molecular formula is C35H28O. The third-order valence-corrected chi connectivity index (χ3v) is 8.03. The monoisotopic (exact) mass is 464 g/mol. The predicted octanol–water partition coefficient (Wildman–Crippen LogP) is 9.84. The molecule has 6 aromatic rings. The van der Waals surface area contributed by atoms with Crippen LogP contribution >= 0.6 is 0 Å². The van der Waals surface area contributed by atoms with Gasteiger partial charge in [-0.2, -0.15) is 0 Å². The largest absolute Gasteiger partial charge is 0.461 e. The summed E-state index contributed by atoms with van der Waals surface area (Å²) in [6.07, 6.45) is 0. The van der Waals surface area contributed by atoms with Crippen LogP contribution in [-0.2, 0) is 5.41 Å². The summed E-state index contributed by atoms with van der Waals surface area (Å²) in [7, 11) is 0. The Morgan fingerprint density at radius 1 is 0.556 bits per heavy atom. The molecule has 0 aliphatic heterocycles. The Hall–Kier alpha value is -4.10. The van der Waals surface area contributed by atoms with E-state index in [4.69, 9.17) is 4.42 Å². The SMILES string of the molecule is Cc1ccc(-c2c3ccccc3c(-c3ccc4c(c3)C(C)(C)c3cc(C)oc3-4)c3ccccc23)cc1. The third kappa shape index (κ3) is 2.89. The van der Waals surface area contributed by atoms with Gasteiger partial charge in [-0.05, 0) is 75.3 Å². The molecule has 1 heterocycles. The fourth-order valence-electron chi connectivity index (χ4n) is 6.21. The van der Waals surface area contributed by atoms with E-state index in [1.54, 1.807) is 0 Å². The lowest BCUT2D eigenvalue weighted by Crippen LogP contribution is -2.14. The van der Waals surface area contributed by atoms with E-state index in [1.165, 1.54) is 66.1 Å². The Balaban J connectivity index is 1.55. The molecule has 0 radical (unpaired) electrons. The average Bonchev–Trinajstić information content (AvgIpc) is 3.37. The van der Waals surface area contributed by atoms with Gasteiger partial charge in [0.1, 0.15) is 11.5 Å². The molecule has 1 aromatic heterocycles. The van der Waals surface area contributed by atoms with Crippen LogP contribution in [0.2, 0.25) is 0 Å². The normalized spacial score (nSPS) is 13.8. The van der Waals surface area contributed by atoms with Gasteiger partial charge >= 0.3 is 0 Å². The van der Waals surface area contributed by atoms with E-state index in [9.17, 15) is 0 Å². The van der Waals surface area contributed by atoms with Crippen LogP contribution in [0.5, 0.6) is 0 Å². The van der Waals surface area contributed by atoms with E-state index in [-0.39, 0.29) is 5.41 Å². The van der Waals surface area contributed by atoms with Crippen molar-refractivity contribution in [1.82, 2.24) is 0 Å². The highest BCUT2D eigenvalue weighted by atomic mass is 16.3. The van der Waals surface area contributed by atoms with Crippen molar-refractivity contribution in [3.05, 3.63) is 120 Å². The first-order valence-electron chi connectivity index (χ1n) is 12.7. The molecule has 36 heavy (non-hydrogen) atoms. The smallest absolute Gasteiger partial charge is 0.138 e. The second-order valence-corrected chi connectivity index (χ2v) is 10.7. The summed E-state index contributed by atoms with van der Waals surface area (Å²) < 4.78 is 6.15. The lowest BCUT2D eigenvalue weighted by Gasteiger charge is -2.22. The first kappa shape index (κ1) is 21.2. The maximum atomic E-state index is 6.15. The van der Waals surface area contributed by atoms with Crippen molar-refractivity contribution in [3.8, 4) is 33.6 Å². The van der Waals surface area contributed by atoms with Gasteiger partial charge in [0.15, 0.2) is 0 Å². The second kappa shape index (κ2) is 7.45. The van der Waals surface area contributed by atoms with E-state index < -0.39 is 0 Å². The van der Waals surface area contributed by atoms with Crippen molar-refractivity contribution in [2.45, 2.75) is 33.1 Å². The summed E-state index contributed by atoms with van der Waals surface area (Å²) >= 11 is 0. The summed E-state index contributed by atoms with van der Waals surface area (Å²) in [5.74, 6) is 2.01. The maximum Gasteiger partial charge on any atom is 0.138 e. The zero-order valence-corrected chi connectivity index (χ0v) is 21.1. The highest BCUT2D eigenvalue weighted by Crippen LogP contribution is 2.52. The van der Waals surface area contributed by atoms with Gasteiger partial charge < -0.3 is 4.42 Å². The Kier molecular flexibility index (Phi) is 4.39. The van der Waals surface area contributed by atoms with E-state index in [0.29, 0.717) is 0 Å². The molecule has 1 heteroatoms. The Morgan fingerprint density at radius 3 is 1.67 bits per heavy atom. The Labute approximate surface area is 212 Å². The summed E-state index contributed by atoms with van der Waals surface area (Å²) in [5, 5.41) is 5.15. The van der Waals surface area contributed by atoms with Crippen molar-refractivity contribution in [2.24, 2.45) is 0 Å². The first-order valence-corrected chi connectivity index (χ1v) is 12.7. The van der Waals surface area contributed by atoms with Crippen LogP contribution < -0.4 is 0 Å². The molecule has 0 unspecified atom stereocenters. The van der Waals surface area contributed by atoms with Crippen LogP contribution in [0.4, 0.5) is 0 Å². The van der Waals surface area contributed by atoms with Crippen LogP contribution in [0, 0.1) is 13.8 Å².